The Labute approximate surface area is 140 Å². The topological polar surface area (TPSA) is 89.9 Å². The van der Waals surface area contributed by atoms with Crippen LogP contribution in [0.15, 0.2) is 10.7 Å². The second-order valence-corrected chi connectivity index (χ2v) is 7.07. The molecule has 0 aromatic carbocycles. The van der Waals surface area contributed by atoms with Crippen molar-refractivity contribution in [1.82, 2.24) is 20.4 Å². The lowest BCUT2D eigenvalue weighted by molar-refractivity contribution is 0.295. The van der Waals surface area contributed by atoms with Crippen LogP contribution < -0.4 is 11.1 Å². The molecule has 8 heteroatoms. The molecular formula is C14H22ClN5OS. The lowest BCUT2D eigenvalue weighted by atomic mass is 9.96. The van der Waals surface area contributed by atoms with Crippen molar-refractivity contribution in [3.63, 3.8) is 0 Å². The van der Waals surface area contributed by atoms with Gasteiger partial charge >= 0.3 is 0 Å². The second-order valence-electron chi connectivity index (χ2n) is 5.92. The fraction of sp³-hybridized carbons (Fsp3) is 0.643. The van der Waals surface area contributed by atoms with Gasteiger partial charge in [0.15, 0.2) is 11.0 Å². The summed E-state index contributed by atoms with van der Waals surface area (Å²) in [7, 11) is 0. The lowest BCUT2D eigenvalue weighted by Gasteiger charge is -2.26. The van der Waals surface area contributed by atoms with Crippen LogP contribution in [-0.4, -0.2) is 15.1 Å². The highest BCUT2D eigenvalue weighted by Crippen LogP contribution is 2.38. The Morgan fingerprint density at radius 1 is 1.41 bits per heavy atom. The minimum atomic E-state index is -0.171. The maximum absolute atomic E-state index is 5.68. The predicted molar refractivity (Wildman–Crippen MR) is 89.1 cm³/mol. The maximum atomic E-state index is 5.68. The van der Waals surface area contributed by atoms with Crippen molar-refractivity contribution >= 4 is 28.9 Å². The van der Waals surface area contributed by atoms with Gasteiger partial charge in [-0.05, 0) is 12.8 Å². The molecule has 3 rings (SSSR count). The molecule has 3 N–H and O–H groups in total. The van der Waals surface area contributed by atoms with Crippen molar-refractivity contribution in [3.05, 3.63) is 22.8 Å². The van der Waals surface area contributed by atoms with Crippen LogP contribution in [0.3, 0.4) is 0 Å². The van der Waals surface area contributed by atoms with Gasteiger partial charge in [-0.2, -0.15) is 4.98 Å². The molecule has 1 saturated carbocycles. The van der Waals surface area contributed by atoms with E-state index >= 15 is 0 Å². The van der Waals surface area contributed by atoms with Gasteiger partial charge in [-0.1, -0.05) is 31.8 Å². The van der Waals surface area contributed by atoms with Gasteiger partial charge in [-0.3, -0.25) is 5.32 Å². The van der Waals surface area contributed by atoms with Crippen molar-refractivity contribution in [2.75, 3.05) is 5.73 Å². The van der Waals surface area contributed by atoms with E-state index < -0.39 is 0 Å². The number of nitrogen functional groups attached to an aromatic ring is 1. The number of anilines is 1. The second kappa shape index (κ2) is 6.93. The van der Waals surface area contributed by atoms with E-state index in [1.807, 2.05) is 6.20 Å². The standard InChI is InChI=1S/C14H21N5OS.ClH/c1-9(2)11-18-12(19-20-11)14(5-3-4-6-14)17-8-10-7-16-13(15)21-10;/h7,9,17H,3-6,8H2,1-2H3,(H2,15,16);1H. The van der Waals surface area contributed by atoms with Gasteiger partial charge in [0.25, 0.3) is 0 Å². The number of nitrogens with zero attached hydrogens (tertiary/aromatic N) is 3. The molecule has 0 amide bonds. The van der Waals surface area contributed by atoms with E-state index in [1.165, 1.54) is 24.2 Å². The summed E-state index contributed by atoms with van der Waals surface area (Å²) in [5.41, 5.74) is 5.51. The number of nitrogens with one attached hydrogen (secondary N) is 1. The molecule has 6 nitrogen and oxygen atoms in total. The van der Waals surface area contributed by atoms with E-state index in [9.17, 15) is 0 Å². The fourth-order valence-electron chi connectivity index (χ4n) is 2.78. The molecule has 2 aromatic heterocycles. The van der Waals surface area contributed by atoms with Crippen LogP contribution in [0.1, 0.15) is 62.0 Å². The van der Waals surface area contributed by atoms with Crippen molar-refractivity contribution in [2.24, 2.45) is 0 Å². The molecule has 0 saturated heterocycles. The zero-order chi connectivity index (χ0) is 14.9. The molecule has 0 spiro atoms. The molecular weight excluding hydrogens is 322 g/mol. The quantitative estimate of drug-likeness (QED) is 0.866. The molecule has 0 atom stereocenters. The largest absolute Gasteiger partial charge is 0.375 e. The first-order valence-electron chi connectivity index (χ1n) is 7.38. The average molecular weight is 344 g/mol. The Hall–Kier alpha value is -1.18. The highest BCUT2D eigenvalue weighted by atomic mass is 35.5. The number of hydrogen-bond donors (Lipinski definition) is 2. The first kappa shape index (κ1) is 17.2. The highest BCUT2D eigenvalue weighted by molar-refractivity contribution is 7.15. The maximum Gasteiger partial charge on any atom is 0.229 e. The molecule has 0 aliphatic heterocycles. The average Bonchev–Trinajstić information content (AvgIpc) is 3.17. The molecule has 1 fully saturated rings. The van der Waals surface area contributed by atoms with Crippen LogP contribution in [0.4, 0.5) is 5.13 Å². The van der Waals surface area contributed by atoms with E-state index in [0.29, 0.717) is 11.0 Å². The number of rotatable bonds is 5. The number of nitrogens with two attached hydrogens (primary N) is 1. The molecule has 22 heavy (non-hydrogen) atoms. The summed E-state index contributed by atoms with van der Waals surface area (Å²) in [5.74, 6) is 1.76. The first-order chi connectivity index (χ1) is 10.1. The normalized spacial score (nSPS) is 16.9. The van der Waals surface area contributed by atoms with Crippen LogP contribution in [0, 0.1) is 0 Å². The van der Waals surface area contributed by atoms with Gasteiger partial charge in [0, 0.05) is 23.5 Å². The van der Waals surface area contributed by atoms with Crippen molar-refractivity contribution < 1.29 is 4.52 Å². The molecule has 0 radical (unpaired) electrons. The van der Waals surface area contributed by atoms with Gasteiger partial charge in [-0.25, -0.2) is 4.98 Å². The monoisotopic (exact) mass is 343 g/mol. The predicted octanol–water partition coefficient (Wildman–Crippen LogP) is 3.21. The number of halogens is 1. The Balaban J connectivity index is 0.00000176. The third kappa shape index (κ3) is 3.42. The molecule has 0 bridgehead atoms. The summed E-state index contributed by atoms with van der Waals surface area (Å²) in [6.07, 6.45) is 6.27. The molecule has 2 heterocycles. The van der Waals surface area contributed by atoms with E-state index in [4.69, 9.17) is 10.3 Å². The Morgan fingerprint density at radius 3 is 2.68 bits per heavy atom. The van der Waals surface area contributed by atoms with E-state index in [-0.39, 0.29) is 23.9 Å². The van der Waals surface area contributed by atoms with Crippen LogP contribution in [0.25, 0.3) is 0 Å². The van der Waals surface area contributed by atoms with Crippen LogP contribution in [-0.2, 0) is 12.1 Å². The minimum absolute atomic E-state index is 0. The Kier molecular flexibility index (Phi) is 5.41. The summed E-state index contributed by atoms with van der Waals surface area (Å²) < 4.78 is 5.39. The van der Waals surface area contributed by atoms with Crippen LogP contribution in [0.5, 0.6) is 0 Å². The summed E-state index contributed by atoms with van der Waals surface area (Å²) in [6, 6.07) is 0. The number of aromatic nitrogens is 3. The fourth-order valence-corrected chi connectivity index (χ4v) is 3.41. The van der Waals surface area contributed by atoms with E-state index in [0.717, 1.165) is 30.1 Å². The SMILES string of the molecule is CC(C)c1nc(C2(NCc3cnc(N)s3)CCCC2)no1.Cl. The van der Waals surface area contributed by atoms with Gasteiger partial charge in [0.05, 0.1) is 5.54 Å². The van der Waals surface area contributed by atoms with Gasteiger partial charge in [0.2, 0.25) is 5.89 Å². The van der Waals surface area contributed by atoms with Crippen molar-refractivity contribution in [3.8, 4) is 0 Å². The smallest absolute Gasteiger partial charge is 0.229 e. The highest BCUT2D eigenvalue weighted by Gasteiger charge is 2.39. The lowest BCUT2D eigenvalue weighted by Crippen LogP contribution is -2.40. The summed E-state index contributed by atoms with van der Waals surface area (Å²) in [5, 5.41) is 8.45. The van der Waals surface area contributed by atoms with Crippen LogP contribution >= 0.6 is 23.7 Å². The van der Waals surface area contributed by atoms with Crippen LogP contribution in [0.2, 0.25) is 0 Å². The summed E-state index contributed by atoms with van der Waals surface area (Å²) in [6.45, 7) is 4.86. The molecule has 0 unspecified atom stereocenters. The van der Waals surface area contributed by atoms with Gasteiger partial charge in [-0.15, -0.1) is 23.7 Å². The number of thiazole rings is 1. The molecule has 2 aromatic rings. The molecule has 122 valence electrons. The zero-order valence-corrected chi connectivity index (χ0v) is 14.5. The van der Waals surface area contributed by atoms with Gasteiger partial charge < -0.3 is 10.3 Å². The molecule has 1 aliphatic rings. The summed E-state index contributed by atoms with van der Waals surface area (Å²) in [4.78, 5) is 9.83. The van der Waals surface area contributed by atoms with Crippen molar-refractivity contribution in [1.29, 1.82) is 0 Å². The Bertz CT molecular complexity index is 606. The number of hydrogen-bond acceptors (Lipinski definition) is 7. The zero-order valence-electron chi connectivity index (χ0n) is 12.8. The Morgan fingerprint density at radius 2 is 2.14 bits per heavy atom. The van der Waals surface area contributed by atoms with Crippen molar-refractivity contribution in [2.45, 2.75) is 57.5 Å². The minimum Gasteiger partial charge on any atom is -0.375 e. The van der Waals surface area contributed by atoms with Gasteiger partial charge in [0.1, 0.15) is 0 Å². The first-order valence-corrected chi connectivity index (χ1v) is 8.20. The third-order valence-corrected chi connectivity index (χ3v) is 4.82. The molecule has 1 aliphatic carbocycles. The summed E-state index contributed by atoms with van der Waals surface area (Å²) >= 11 is 1.52. The van der Waals surface area contributed by atoms with E-state index in [2.05, 4.69) is 34.3 Å². The van der Waals surface area contributed by atoms with E-state index in [1.54, 1.807) is 0 Å². The third-order valence-electron chi connectivity index (χ3n) is 3.99.